The van der Waals surface area contributed by atoms with Crippen LogP contribution in [-0.4, -0.2) is 16.7 Å². The zero-order valence-corrected chi connectivity index (χ0v) is 11.3. The van der Waals surface area contributed by atoms with Crippen molar-refractivity contribution < 1.29 is 0 Å². The Kier molecular flexibility index (Phi) is 4.86. The van der Waals surface area contributed by atoms with E-state index in [0.29, 0.717) is 6.54 Å². The van der Waals surface area contributed by atoms with Gasteiger partial charge in [-0.15, -0.1) is 5.10 Å². The molecule has 0 radical (unpaired) electrons. The molecule has 0 fully saturated rings. The SMILES string of the molecule is CCCCN(c1ccccc1)c1ccc(CN)nn1. The van der Waals surface area contributed by atoms with E-state index in [9.17, 15) is 0 Å². The summed E-state index contributed by atoms with van der Waals surface area (Å²) in [7, 11) is 0. The Labute approximate surface area is 114 Å². The molecule has 2 N–H and O–H groups in total. The Balaban J connectivity index is 2.26. The molecule has 4 heteroatoms. The fourth-order valence-electron chi connectivity index (χ4n) is 1.91. The third-order valence-corrected chi connectivity index (χ3v) is 2.99. The standard InChI is InChI=1S/C15H20N4/c1-2-3-11-19(14-7-5-4-6-8-14)15-10-9-13(12-16)17-18-15/h4-10H,2-3,11-12,16H2,1H3. The third kappa shape index (κ3) is 3.51. The van der Waals surface area contributed by atoms with E-state index < -0.39 is 0 Å². The molecular formula is C15H20N4. The first-order chi connectivity index (χ1) is 9.35. The minimum absolute atomic E-state index is 0.424. The van der Waals surface area contributed by atoms with Gasteiger partial charge < -0.3 is 10.6 Å². The second-order valence-electron chi connectivity index (χ2n) is 4.43. The molecule has 1 aromatic carbocycles. The molecule has 0 saturated heterocycles. The van der Waals surface area contributed by atoms with Crippen LogP contribution >= 0.6 is 0 Å². The monoisotopic (exact) mass is 256 g/mol. The molecule has 0 aliphatic rings. The van der Waals surface area contributed by atoms with Gasteiger partial charge in [-0.25, -0.2) is 0 Å². The molecule has 4 nitrogen and oxygen atoms in total. The van der Waals surface area contributed by atoms with Crippen LogP contribution in [0.3, 0.4) is 0 Å². The topological polar surface area (TPSA) is 55.0 Å². The van der Waals surface area contributed by atoms with Crippen LogP contribution in [0.1, 0.15) is 25.5 Å². The molecule has 2 aromatic rings. The maximum Gasteiger partial charge on any atom is 0.155 e. The van der Waals surface area contributed by atoms with Gasteiger partial charge in [-0.2, -0.15) is 5.10 Å². The number of nitrogens with two attached hydrogens (primary N) is 1. The van der Waals surface area contributed by atoms with Gasteiger partial charge in [0.15, 0.2) is 5.82 Å². The third-order valence-electron chi connectivity index (χ3n) is 2.99. The van der Waals surface area contributed by atoms with Gasteiger partial charge >= 0.3 is 0 Å². The van der Waals surface area contributed by atoms with Gasteiger partial charge in [-0.1, -0.05) is 31.5 Å². The van der Waals surface area contributed by atoms with Crippen LogP contribution in [0.4, 0.5) is 11.5 Å². The van der Waals surface area contributed by atoms with E-state index in [4.69, 9.17) is 5.73 Å². The van der Waals surface area contributed by atoms with E-state index in [1.54, 1.807) is 0 Å². The lowest BCUT2D eigenvalue weighted by Gasteiger charge is -2.23. The quantitative estimate of drug-likeness (QED) is 0.863. The van der Waals surface area contributed by atoms with Crippen LogP contribution in [0.15, 0.2) is 42.5 Å². The summed E-state index contributed by atoms with van der Waals surface area (Å²) >= 11 is 0. The molecule has 0 atom stereocenters. The number of hydrogen-bond donors (Lipinski definition) is 1. The van der Waals surface area contributed by atoms with E-state index in [2.05, 4.69) is 34.2 Å². The Morgan fingerprint density at radius 3 is 2.42 bits per heavy atom. The average Bonchev–Trinajstić information content (AvgIpc) is 2.49. The molecule has 1 aromatic heterocycles. The van der Waals surface area contributed by atoms with Crippen molar-refractivity contribution >= 4 is 11.5 Å². The Morgan fingerprint density at radius 1 is 1.05 bits per heavy atom. The minimum Gasteiger partial charge on any atom is -0.325 e. The largest absolute Gasteiger partial charge is 0.325 e. The highest BCUT2D eigenvalue weighted by atomic mass is 15.3. The van der Waals surface area contributed by atoms with Crippen molar-refractivity contribution in [1.29, 1.82) is 0 Å². The van der Waals surface area contributed by atoms with Gasteiger partial charge in [0.1, 0.15) is 0 Å². The first kappa shape index (κ1) is 13.5. The summed E-state index contributed by atoms with van der Waals surface area (Å²) in [4.78, 5) is 2.19. The zero-order valence-electron chi connectivity index (χ0n) is 11.3. The maximum atomic E-state index is 5.55. The number of nitrogens with zero attached hydrogens (tertiary/aromatic N) is 3. The lowest BCUT2D eigenvalue weighted by Crippen LogP contribution is -2.20. The van der Waals surface area contributed by atoms with Crippen LogP contribution in [0, 0.1) is 0 Å². The first-order valence-electron chi connectivity index (χ1n) is 6.70. The lowest BCUT2D eigenvalue weighted by molar-refractivity contribution is 0.769. The first-order valence-corrected chi connectivity index (χ1v) is 6.70. The zero-order chi connectivity index (χ0) is 13.5. The van der Waals surface area contributed by atoms with E-state index >= 15 is 0 Å². The van der Waals surface area contributed by atoms with Crippen LogP contribution in [0.2, 0.25) is 0 Å². The van der Waals surface area contributed by atoms with E-state index in [-0.39, 0.29) is 0 Å². The van der Waals surface area contributed by atoms with Crippen LogP contribution in [-0.2, 0) is 6.54 Å². The second kappa shape index (κ2) is 6.85. The molecule has 1 heterocycles. The second-order valence-corrected chi connectivity index (χ2v) is 4.43. The molecule has 0 amide bonds. The smallest absolute Gasteiger partial charge is 0.155 e. The number of anilines is 2. The Morgan fingerprint density at radius 2 is 1.84 bits per heavy atom. The molecule has 0 aliphatic carbocycles. The molecule has 100 valence electrons. The number of benzene rings is 1. The number of unbranched alkanes of at least 4 members (excludes halogenated alkanes) is 1. The maximum absolute atomic E-state index is 5.55. The number of aromatic nitrogens is 2. The summed E-state index contributed by atoms with van der Waals surface area (Å²) in [5.41, 5.74) is 7.51. The van der Waals surface area contributed by atoms with Gasteiger partial charge in [-0.3, -0.25) is 0 Å². The molecule has 2 rings (SSSR count). The van der Waals surface area contributed by atoms with Crippen molar-refractivity contribution in [2.24, 2.45) is 5.73 Å². The fourth-order valence-corrected chi connectivity index (χ4v) is 1.91. The number of rotatable bonds is 6. The summed E-state index contributed by atoms with van der Waals surface area (Å²) in [6, 6.07) is 14.2. The molecule has 0 unspecified atom stereocenters. The molecule has 0 saturated carbocycles. The average molecular weight is 256 g/mol. The molecular weight excluding hydrogens is 236 g/mol. The minimum atomic E-state index is 0.424. The van der Waals surface area contributed by atoms with Gasteiger partial charge in [0.05, 0.1) is 5.69 Å². The highest BCUT2D eigenvalue weighted by Gasteiger charge is 2.10. The van der Waals surface area contributed by atoms with Gasteiger partial charge in [0, 0.05) is 18.8 Å². The van der Waals surface area contributed by atoms with Crippen molar-refractivity contribution in [2.45, 2.75) is 26.3 Å². The van der Waals surface area contributed by atoms with Crippen molar-refractivity contribution in [3.63, 3.8) is 0 Å². The fraction of sp³-hybridized carbons (Fsp3) is 0.333. The van der Waals surface area contributed by atoms with E-state index in [1.807, 2.05) is 30.3 Å². The predicted molar refractivity (Wildman–Crippen MR) is 78.3 cm³/mol. The van der Waals surface area contributed by atoms with E-state index in [1.165, 1.54) is 0 Å². The Bertz CT molecular complexity index is 481. The summed E-state index contributed by atoms with van der Waals surface area (Å²) in [6.45, 7) is 3.55. The lowest BCUT2D eigenvalue weighted by atomic mass is 10.2. The van der Waals surface area contributed by atoms with Crippen molar-refractivity contribution in [1.82, 2.24) is 10.2 Å². The van der Waals surface area contributed by atoms with Crippen LogP contribution in [0.5, 0.6) is 0 Å². The Hall–Kier alpha value is -1.94. The summed E-state index contributed by atoms with van der Waals surface area (Å²) in [6.07, 6.45) is 2.27. The highest BCUT2D eigenvalue weighted by molar-refractivity contribution is 5.59. The normalized spacial score (nSPS) is 10.4. The highest BCUT2D eigenvalue weighted by Crippen LogP contribution is 2.23. The molecule has 19 heavy (non-hydrogen) atoms. The predicted octanol–water partition coefficient (Wildman–Crippen LogP) is 2.87. The van der Waals surface area contributed by atoms with Crippen molar-refractivity contribution in [2.75, 3.05) is 11.4 Å². The summed E-state index contributed by atoms with van der Waals surface area (Å²) in [5.74, 6) is 0.872. The summed E-state index contributed by atoms with van der Waals surface area (Å²) in [5, 5.41) is 8.41. The molecule has 0 spiro atoms. The van der Waals surface area contributed by atoms with E-state index in [0.717, 1.165) is 36.6 Å². The summed E-state index contributed by atoms with van der Waals surface area (Å²) < 4.78 is 0. The van der Waals surface area contributed by atoms with Crippen LogP contribution < -0.4 is 10.6 Å². The number of para-hydroxylation sites is 1. The number of hydrogen-bond acceptors (Lipinski definition) is 4. The van der Waals surface area contributed by atoms with Gasteiger partial charge in [0.25, 0.3) is 0 Å². The van der Waals surface area contributed by atoms with Gasteiger partial charge in [-0.05, 0) is 30.7 Å². The van der Waals surface area contributed by atoms with Gasteiger partial charge in [0.2, 0.25) is 0 Å². The van der Waals surface area contributed by atoms with Crippen LogP contribution in [0.25, 0.3) is 0 Å². The molecule has 0 bridgehead atoms. The van der Waals surface area contributed by atoms with Crippen molar-refractivity contribution in [3.8, 4) is 0 Å². The molecule has 0 aliphatic heterocycles. The van der Waals surface area contributed by atoms with Crippen molar-refractivity contribution in [3.05, 3.63) is 48.2 Å².